The van der Waals surface area contributed by atoms with Gasteiger partial charge in [0.1, 0.15) is 38.3 Å². The van der Waals surface area contributed by atoms with Crippen molar-refractivity contribution in [3.63, 3.8) is 0 Å². The highest BCUT2D eigenvalue weighted by atomic mass is 31.3. The van der Waals surface area contributed by atoms with Gasteiger partial charge in [0.2, 0.25) is 0 Å². The summed E-state index contributed by atoms with van der Waals surface area (Å²) in [6.45, 7) is -0.689. The Bertz CT molecular complexity index is 1630. The molecule has 19 nitrogen and oxygen atoms in total. The fourth-order valence-corrected chi connectivity index (χ4v) is 8.03. The zero-order valence-corrected chi connectivity index (χ0v) is 25.0. The number of phosphoric acid groups is 1. The molecular weight excluding hydrogens is 640 g/mol. The van der Waals surface area contributed by atoms with Crippen LogP contribution in [0.1, 0.15) is 19.1 Å². The highest BCUT2D eigenvalue weighted by Gasteiger charge is 2.45. The number of benzene rings is 1. The largest absolute Gasteiger partial charge is 0.778 e. The maximum atomic E-state index is 12.5. The lowest BCUT2D eigenvalue weighted by molar-refractivity contribution is -0.234. The van der Waals surface area contributed by atoms with Gasteiger partial charge in [0.25, 0.3) is 7.82 Å². The Labute approximate surface area is 254 Å². The van der Waals surface area contributed by atoms with Crippen molar-refractivity contribution >= 4 is 50.1 Å². The molecule has 0 saturated carbocycles. The Morgan fingerprint density at radius 3 is 2.60 bits per heavy atom. The minimum absolute atomic E-state index is 0.0227. The van der Waals surface area contributed by atoms with Crippen molar-refractivity contribution in [2.24, 2.45) is 5.92 Å². The van der Waals surface area contributed by atoms with Gasteiger partial charge in [-0.15, -0.1) is 0 Å². The number of ether oxygens (including phenoxy) is 1. The van der Waals surface area contributed by atoms with E-state index in [1.807, 2.05) is 0 Å². The molecule has 1 aromatic carbocycles. The number of aromatic nitrogens is 4. The fourth-order valence-electron chi connectivity index (χ4n) is 5.06. The number of rotatable bonds is 11. The molecule has 5 unspecified atom stereocenters. The monoisotopic (exact) mass is 669 g/mol. The molecule has 2 aliphatic heterocycles. The van der Waals surface area contributed by atoms with Crippen LogP contribution in [0.3, 0.4) is 0 Å². The van der Waals surface area contributed by atoms with Crippen LogP contribution in [-0.4, -0.2) is 90.5 Å². The molecule has 0 spiro atoms. The number of piperidine rings is 1. The molecule has 4 heterocycles. The first-order valence-corrected chi connectivity index (χ1v) is 16.8. The molecule has 21 heteroatoms. The number of amides is 2. The number of carbonyl (C=O) groups excluding carboxylic acids is 1. The number of phosphoric ester groups is 1. The van der Waals surface area contributed by atoms with Crippen LogP contribution < -0.4 is 25.7 Å². The van der Waals surface area contributed by atoms with Crippen LogP contribution in [0, 0.1) is 5.92 Å². The number of aliphatic hydroxyl groups is 2. The zero-order chi connectivity index (χ0) is 32.4. The zero-order valence-electron chi connectivity index (χ0n) is 23.2. The lowest BCUT2D eigenvalue weighted by Crippen LogP contribution is -2.44. The molecule has 0 bridgehead atoms. The molecular formula is C24H29N7O12P2-2. The number of imidazole rings is 1. The number of aliphatic carboxylic acids is 1. The normalized spacial score (nSPS) is 27.8. The van der Waals surface area contributed by atoms with Gasteiger partial charge >= 0.3 is 12.0 Å². The number of anilines is 2. The van der Waals surface area contributed by atoms with E-state index < -0.39 is 76.7 Å². The van der Waals surface area contributed by atoms with E-state index in [1.165, 1.54) is 10.9 Å². The van der Waals surface area contributed by atoms with Crippen molar-refractivity contribution in [2.75, 3.05) is 29.9 Å². The summed E-state index contributed by atoms with van der Waals surface area (Å²) in [5.74, 6) is -1.79. The SMILES string of the molecule is O=C(Nc1ccccc1)Nc1ncnc2c1ncn2[C@@H]1O[C@H](COP(=O)([O-])OP(=O)([O-])CC2CCNC(C(=O)O)C2)C(O)[C@@H]1O. The van der Waals surface area contributed by atoms with E-state index in [0.717, 1.165) is 6.33 Å². The summed E-state index contributed by atoms with van der Waals surface area (Å²) in [7, 11) is -10.5. The van der Waals surface area contributed by atoms with Crippen LogP contribution in [0.2, 0.25) is 0 Å². The van der Waals surface area contributed by atoms with E-state index in [1.54, 1.807) is 30.3 Å². The molecule has 2 aromatic heterocycles. The van der Waals surface area contributed by atoms with E-state index in [4.69, 9.17) is 9.84 Å². The number of hydrogen-bond donors (Lipinski definition) is 6. The molecule has 8 atom stereocenters. The number of carbonyl (C=O) groups is 2. The quantitative estimate of drug-likeness (QED) is 0.142. The van der Waals surface area contributed by atoms with Crippen molar-refractivity contribution < 1.29 is 57.4 Å². The molecule has 0 aliphatic carbocycles. The lowest BCUT2D eigenvalue weighted by atomic mass is 9.94. The van der Waals surface area contributed by atoms with Gasteiger partial charge in [-0.25, -0.2) is 19.7 Å². The van der Waals surface area contributed by atoms with E-state index in [2.05, 4.69) is 39.7 Å². The van der Waals surface area contributed by atoms with Gasteiger partial charge in [-0.05, 0) is 37.4 Å². The number of hydrogen-bond acceptors (Lipinski definition) is 15. The molecule has 2 fully saturated rings. The number of nitrogens with one attached hydrogen (secondary N) is 3. The number of nitrogens with zero attached hydrogens (tertiary/aromatic N) is 4. The van der Waals surface area contributed by atoms with Crippen LogP contribution in [0.4, 0.5) is 16.3 Å². The molecule has 3 aromatic rings. The summed E-state index contributed by atoms with van der Waals surface area (Å²) >= 11 is 0. The summed E-state index contributed by atoms with van der Waals surface area (Å²) in [6.07, 6.45) is -4.29. The van der Waals surface area contributed by atoms with Crippen molar-refractivity contribution in [3.05, 3.63) is 43.0 Å². The molecule has 2 aliphatic rings. The van der Waals surface area contributed by atoms with Crippen molar-refractivity contribution in [1.82, 2.24) is 24.8 Å². The lowest BCUT2D eigenvalue weighted by Gasteiger charge is -2.36. The van der Waals surface area contributed by atoms with Crippen LogP contribution >= 0.6 is 15.4 Å². The van der Waals surface area contributed by atoms with E-state index in [-0.39, 0.29) is 36.4 Å². The average Bonchev–Trinajstić information content (AvgIpc) is 3.52. The summed E-state index contributed by atoms with van der Waals surface area (Å²) in [4.78, 5) is 60.7. The summed E-state index contributed by atoms with van der Waals surface area (Å²) in [5.41, 5.74) is 0.723. The predicted molar refractivity (Wildman–Crippen MR) is 150 cm³/mol. The van der Waals surface area contributed by atoms with Crippen LogP contribution in [-0.2, 0) is 27.5 Å². The van der Waals surface area contributed by atoms with Crippen LogP contribution in [0.15, 0.2) is 43.0 Å². The van der Waals surface area contributed by atoms with E-state index in [9.17, 15) is 38.7 Å². The van der Waals surface area contributed by atoms with Crippen molar-refractivity contribution in [2.45, 2.75) is 43.4 Å². The first-order chi connectivity index (χ1) is 21.3. The van der Waals surface area contributed by atoms with E-state index >= 15 is 0 Å². The molecule has 2 saturated heterocycles. The van der Waals surface area contributed by atoms with Gasteiger partial charge < -0.3 is 49.6 Å². The van der Waals surface area contributed by atoms with Crippen molar-refractivity contribution in [1.29, 1.82) is 0 Å². The second-order valence-corrected chi connectivity index (χ2v) is 13.8. The number of aliphatic hydroxyl groups excluding tert-OH is 2. The topological polar surface area (TPSA) is 282 Å². The number of urea groups is 1. The Balaban J connectivity index is 1.20. The number of fused-ring (bicyclic) bond motifs is 1. The summed E-state index contributed by atoms with van der Waals surface area (Å²) < 4.78 is 40.7. The molecule has 2 amide bonds. The van der Waals surface area contributed by atoms with E-state index in [0.29, 0.717) is 5.69 Å². The minimum atomic E-state index is -5.50. The van der Waals surface area contributed by atoms with Gasteiger partial charge in [-0.1, -0.05) is 18.2 Å². The van der Waals surface area contributed by atoms with Gasteiger partial charge in [-0.3, -0.25) is 23.6 Å². The number of para-hydroxylation sites is 1. The molecule has 6 N–H and O–H groups in total. The second kappa shape index (κ2) is 13.6. The fraction of sp³-hybridized carbons (Fsp3) is 0.458. The summed E-state index contributed by atoms with van der Waals surface area (Å²) in [6, 6.07) is 7.03. The third kappa shape index (κ3) is 8.09. The standard InChI is InChI=1S/C24H31N7O12P2/c32-18-16(9-41-45(39,40)43-44(37,38)10-13-6-7-25-15(8-13)23(34)35)42-22(19(18)33)31-12-28-17-20(26-11-27-21(17)31)30-24(36)29-14-4-2-1-3-5-14/h1-5,11-13,15-16,18-19,22,25,32-33H,6-10H2,(H,34,35)(H,37,38)(H,39,40)(H2,26,27,29,30,36)/p-2/t13?,15?,16-,18?,19+,22-/m1/s1. The summed E-state index contributed by atoms with van der Waals surface area (Å²) in [5, 5.41) is 38.2. The number of carboxylic acid groups (broad SMARTS) is 1. The predicted octanol–water partition coefficient (Wildman–Crippen LogP) is -0.403. The maximum absolute atomic E-state index is 12.5. The molecule has 45 heavy (non-hydrogen) atoms. The smallest absolute Gasteiger partial charge is 0.324 e. The Morgan fingerprint density at radius 2 is 1.87 bits per heavy atom. The first-order valence-electron chi connectivity index (χ1n) is 13.6. The minimum Gasteiger partial charge on any atom is -0.778 e. The Hall–Kier alpha value is -3.35. The Kier molecular flexibility index (Phi) is 9.95. The van der Waals surface area contributed by atoms with Gasteiger partial charge in [0, 0.05) is 11.8 Å². The number of carboxylic acids is 1. The Morgan fingerprint density at radius 1 is 1.11 bits per heavy atom. The van der Waals surface area contributed by atoms with Gasteiger partial charge in [-0.2, -0.15) is 0 Å². The average molecular weight is 669 g/mol. The highest BCUT2D eigenvalue weighted by molar-refractivity contribution is 7.62. The molecule has 244 valence electrons. The molecule has 5 rings (SSSR count). The van der Waals surface area contributed by atoms with Crippen molar-refractivity contribution in [3.8, 4) is 0 Å². The molecule has 0 radical (unpaired) electrons. The van der Waals surface area contributed by atoms with Crippen LogP contribution in [0.25, 0.3) is 11.2 Å². The van der Waals surface area contributed by atoms with Crippen LogP contribution in [0.5, 0.6) is 0 Å². The van der Waals surface area contributed by atoms with Gasteiger partial charge in [0.05, 0.1) is 12.9 Å². The maximum Gasteiger partial charge on any atom is 0.324 e. The first kappa shape index (κ1) is 33.0. The third-order valence-electron chi connectivity index (χ3n) is 7.15. The van der Waals surface area contributed by atoms with Gasteiger partial charge in [0.15, 0.2) is 23.2 Å². The highest BCUT2D eigenvalue weighted by Crippen LogP contribution is 2.56. The third-order valence-corrected chi connectivity index (χ3v) is 10.4. The second-order valence-electron chi connectivity index (χ2n) is 10.4.